The minimum atomic E-state index is -0.471. The maximum absolute atomic E-state index is 13.9. The average Bonchev–Trinajstić information content (AvgIpc) is 2.96. The van der Waals surface area contributed by atoms with Crippen LogP contribution in [0.25, 0.3) is 0 Å². The number of anilines is 1. The third kappa shape index (κ3) is 4.33. The number of halogens is 3. The van der Waals surface area contributed by atoms with Crippen molar-refractivity contribution < 1.29 is 9.18 Å². The van der Waals surface area contributed by atoms with Crippen LogP contribution >= 0.6 is 35.8 Å². The summed E-state index contributed by atoms with van der Waals surface area (Å²) >= 11 is 7.68. The normalized spacial score (nSPS) is 35.6. The van der Waals surface area contributed by atoms with Crippen molar-refractivity contribution in [1.82, 2.24) is 4.90 Å². The van der Waals surface area contributed by atoms with Crippen LogP contribution in [0.15, 0.2) is 23.2 Å². The molecule has 1 unspecified atom stereocenters. The Bertz CT molecular complexity index is 830. The first-order chi connectivity index (χ1) is 13.9. The predicted molar refractivity (Wildman–Crippen MR) is 124 cm³/mol. The van der Waals surface area contributed by atoms with Gasteiger partial charge in [0.2, 0.25) is 5.91 Å². The van der Waals surface area contributed by atoms with Gasteiger partial charge in [0.1, 0.15) is 5.82 Å². The van der Waals surface area contributed by atoms with E-state index in [2.05, 4.69) is 10.2 Å². The third-order valence-corrected chi connectivity index (χ3v) is 8.64. The van der Waals surface area contributed by atoms with Crippen molar-refractivity contribution >= 4 is 52.5 Å². The first-order valence-electron chi connectivity index (χ1n) is 10.6. The highest BCUT2D eigenvalue weighted by molar-refractivity contribution is 8.14. The van der Waals surface area contributed by atoms with Crippen molar-refractivity contribution in [3.05, 3.63) is 29.0 Å². The molecule has 1 saturated heterocycles. The van der Waals surface area contributed by atoms with Gasteiger partial charge in [-0.1, -0.05) is 23.4 Å². The highest BCUT2D eigenvalue weighted by Gasteiger charge is 2.51. The van der Waals surface area contributed by atoms with Gasteiger partial charge < -0.3 is 10.2 Å². The van der Waals surface area contributed by atoms with Crippen LogP contribution in [0.4, 0.5) is 10.1 Å². The number of nitrogens with zero attached hydrogens (tertiary/aromatic N) is 2. The summed E-state index contributed by atoms with van der Waals surface area (Å²) < 4.78 is 13.9. The van der Waals surface area contributed by atoms with E-state index in [-0.39, 0.29) is 35.6 Å². The van der Waals surface area contributed by atoms with Gasteiger partial charge >= 0.3 is 0 Å². The summed E-state index contributed by atoms with van der Waals surface area (Å²) in [5.41, 5.74) is 0.283. The van der Waals surface area contributed by atoms with E-state index >= 15 is 0 Å². The van der Waals surface area contributed by atoms with E-state index < -0.39 is 5.82 Å². The van der Waals surface area contributed by atoms with E-state index in [1.165, 1.54) is 56.7 Å². The van der Waals surface area contributed by atoms with Crippen LogP contribution in [0.1, 0.15) is 44.9 Å². The van der Waals surface area contributed by atoms with Crippen molar-refractivity contribution in [3.63, 3.8) is 0 Å². The van der Waals surface area contributed by atoms with Crippen LogP contribution < -0.4 is 5.32 Å². The Morgan fingerprint density at radius 2 is 1.90 bits per heavy atom. The molecule has 1 N–H and O–H groups in total. The summed E-state index contributed by atoms with van der Waals surface area (Å²) in [5, 5.41) is 4.15. The molecule has 4 bridgehead atoms. The van der Waals surface area contributed by atoms with Crippen LogP contribution in [-0.4, -0.2) is 40.4 Å². The maximum atomic E-state index is 13.9. The lowest BCUT2D eigenvalue weighted by Gasteiger charge is -2.55. The van der Waals surface area contributed by atoms with Crippen molar-refractivity contribution in [3.8, 4) is 0 Å². The van der Waals surface area contributed by atoms with E-state index in [0.29, 0.717) is 11.4 Å². The van der Waals surface area contributed by atoms with Crippen LogP contribution in [0.5, 0.6) is 0 Å². The van der Waals surface area contributed by atoms with Crippen molar-refractivity contribution in [2.75, 3.05) is 18.1 Å². The fraction of sp³-hybridized carbons (Fsp3) is 0.636. The molecule has 1 aromatic carbocycles. The molecule has 1 atom stereocenters. The SMILES string of the molecule is CN1/C(=N/C23CC4CC(CC(C4)C2)C3)SCC1CC(=O)Nc1cc(Cl)ccc1F.Cl. The molecule has 4 saturated carbocycles. The monoisotopic (exact) mass is 471 g/mol. The molecule has 6 rings (SSSR count). The van der Waals surface area contributed by atoms with E-state index in [0.717, 1.165) is 28.7 Å². The number of carbonyl (C=O) groups is 1. The number of amides is 1. The Morgan fingerprint density at radius 1 is 1.27 bits per heavy atom. The molecule has 5 fully saturated rings. The summed E-state index contributed by atoms with van der Waals surface area (Å²) in [5.74, 6) is 2.79. The number of hydrogen-bond acceptors (Lipinski definition) is 3. The molecular weight excluding hydrogens is 444 g/mol. The Hall–Kier alpha value is -0.980. The van der Waals surface area contributed by atoms with Crippen LogP contribution in [0.3, 0.4) is 0 Å². The molecule has 1 aliphatic heterocycles. The largest absolute Gasteiger partial charge is 0.350 e. The second-order valence-corrected chi connectivity index (χ2v) is 10.9. The standard InChI is InChI=1S/C22H27ClFN3OS.ClH/c1-27-17(8-20(28)25-19-7-16(23)2-3-18(19)24)12-29-21(27)26-22-9-13-4-14(10-22)6-15(5-13)11-22;/h2-3,7,13-15,17H,4-6,8-12H2,1H3,(H,25,28);1H/b26-21-;. The topological polar surface area (TPSA) is 44.7 Å². The third-order valence-electron chi connectivity index (χ3n) is 7.22. The number of hydrogen-bond donors (Lipinski definition) is 1. The quantitative estimate of drug-likeness (QED) is 0.621. The molecule has 30 heavy (non-hydrogen) atoms. The molecule has 1 aromatic rings. The van der Waals surface area contributed by atoms with Gasteiger partial charge in [0, 0.05) is 30.3 Å². The minimum absolute atomic E-state index is 0. The second-order valence-electron chi connectivity index (χ2n) is 9.49. The van der Waals surface area contributed by atoms with Gasteiger partial charge in [-0.25, -0.2) is 4.39 Å². The first kappa shape index (κ1) is 22.2. The summed E-state index contributed by atoms with van der Waals surface area (Å²) in [7, 11) is 2.04. The molecular formula is C22H28Cl2FN3OS. The Morgan fingerprint density at radius 3 is 2.53 bits per heavy atom. The van der Waals surface area contributed by atoms with Crippen molar-refractivity contribution in [1.29, 1.82) is 0 Å². The van der Waals surface area contributed by atoms with Gasteiger partial charge in [0.05, 0.1) is 11.2 Å². The lowest BCUT2D eigenvalue weighted by molar-refractivity contribution is -0.116. The van der Waals surface area contributed by atoms with Crippen LogP contribution in [-0.2, 0) is 4.79 Å². The van der Waals surface area contributed by atoms with Crippen LogP contribution in [0.2, 0.25) is 5.02 Å². The highest BCUT2D eigenvalue weighted by atomic mass is 35.5. The number of rotatable bonds is 4. The first-order valence-corrected chi connectivity index (χ1v) is 12.0. The fourth-order valence-electron chi connectivity index (χ4n) is 6.26. The molecule has 164 valence electrons. The van der Waals surface area contributed by atoms with E-state index in [4.69, 9.17) is 16.6 Å². The van der Waals surface area contributed by atoms with E-state index in [1.54, 1.807) is 11.8 Å². The molecule has 4 aliphatic carbocycles. The van der Waals surface area contributed by atoms with Crippen molar-refractivity contribution in [2.24, 2.45) is 22.7 Å². The summed E-state index contributed by atoms with van der Waals surface area (Å²) in [4.78, 5) is 20.0. The lowest BCUT2D eigenvalue weighted by atomic mass is 9.53. The molecule has 5 aliphatic rings. The number of thioether (sulfide) groups is 1. The average molecular weight is 472 g/mol. The van der Waals surface area contributed by atoms with Crippen LogP contribution in [0, 0.1) is 23.6 Å². The Labute approximate surface area is 192 Å². The molecule has 0 aromatic heterocycles. The predicted octanol–water partition coefficient (Wildman–Crippen LogP) is 5.60. The zero-order valence-electron chi connectivity index (χ0n) is 17.1. The van der Waals surface area contributed by atoms with E-state index in [1.807, 2.05) is 7.05 Å². The fourth-order valence-corrected chi connectivity index (χ4v) is 7.73. The number of benzene rings is 1. The van der Waals surface area contributed by atoms with Gasteiger partial charge in [0.15, 0.2) is 5.17 Å². The van der Waals surface area contributed by atoms with Gasteiger partial charge in [0.25, 0.3) is 0 Å². The van der Waals surface area contributed by atoms with Crippen molar-refractivity contribution in [2.45, 2.75) is 56.5 Å². The number of amidine groups is 1. The number of nitrogens with one attached hydrogen (secondary N) is 1. The summed E-state index contributed by atoms with van der Waals surface area (Å²) in [6.45, 7) is 0. The molecule has 1 amide bonds. The number of carbonyl (C=O) groups excluding carboxylic acids is 1. The smallest absolute Gasteiger partial charge is 0.226 e. The van der Waals surface area contributed by atoms with Gasteiger partial charge in [-0.15, -0.1) is 12.4 Å². The summed E-state index contributed by atoms with van der Waals surface area (Å²) in [6.07, 6.45) is 8.29. The minimum Gasteiger partial charge on any atom is -0.350 e. The van der Waals surface area contributed by atoms with Gasteiger partial charge in [-0.3, -0.25) is 9.79 Å². The van der Waals surface area contributed by atoms with E-state index in [9.17, 15) is 9.18 Å². The molecule has 1 heterocycles. The number of aliphatic imine (C=N–C) groups is 1. The zero-order valence-corrected chi connectivity index (χ0v) is 19.5. The molecule has 8 heteroatoms. The Kier molecular flexibility index (Phi) is 6.31. The Balaban J connectivity index is 0.00000218. The van der Waals surface area contributed by atoms with Gasteiger partial charge in [-0.05, 0) is 74.5 Å². The molecule has 0 radical (unpaired) electrons. The second kappa shape index (κ2) is 8.51. The maximum Gasteiger partial charge on any atom is 0.226 e. The zero-order chi connectivity index (χ0) is 20.2. The summed E-state index contributed by atoms with van der Waals surface area (Å²) in [6, 6.07) is 4.27. The molecule has 0 spiro atoms. The lowest BCUT2D eigenvalue weighted by Crippen LogP contribution is -2.50. The van der Waals surface area contributed by atoms with Gasteiger partial charge in [-0.2, -0.15) is 0 Å². The molecule has 4 nitrogen and oxygen atoms in total. The highest BCUT2D eigenvalue weighted by Crippen LogP contribution is 2.57.